The summed E-state index contributed by atoms with van der Waals surface area (Å²) in [5.74, 6) is -6.90. The van der Waals surface area contributed by atoms with Crippen LogP contribution in [0.4, 0.5) is 5.69 Å². The molecule has 5 N–H and O–H groups in total. The Morgan fingerprint density at radius 3 is 2.37 bits per heavy atom. The van der Waals surface area contributed by atoms with Gasteiger partial charge in [0.25, 0.3) is 11.7 Å². The first kappa shape index (κ1) is 52.9. The first-order valence-corrected chi connectivity index (χ1v) is 25.7. The van der Waals surface area contributed by atoms with Crippen molar-refractivity contribution in [3.63, 3.8) is 0 Å². The maximum absolute atomic E-state index is 14.8. The van der Waals surface area contributed by atoms with Gasteiger partial charge in [-0.15, -0.1) is 0 Å². The number of nitrogens with one attached hydrogen (secondary N) is 2. The lowest BCUT2D eigenvalue weighted by molar-refractivity contribution is -0.159. The number of ketones is 2. The van der Waals surface area contributed by atoms with Crippen LogP contribution in [0.5, 0.6) is 11.5 Å². The molecule has 2 fully saturated rings. The molecule has 1 spiro atoms. The number of aliphatic hydroxyl groups excluding tert-OH is 2. The summed E-state index contributed by atoms with van der Waals surface area (Å²) < 4.78 is 18.4. The minimum Gasteiger partial charge on any atom is -0.507 e. The summed E-state index contributed by atoms with van der Waals surface area (Å²) in [6.45, 7) is 18.6. The van der Waals surface area contributed by atoms with Gasteiger partial charge in [-0.05, 0) is 57.2 Å². The molecule has 392 valence electrons. The zero-order chi connectivity index (χ0) is 52.5. The number of anilines is 1. The average molecular weight is 1010 g/mol. The summed E-state index contributed by atoms with van der Waals surface area (Å²) in [4.78, 5) is 86.4. The molecule has 7 aliphatic rings. The number of nitrogens with zero attached hydrogens (tertiary/aromatic N) is 5. The molecule has 2 aromatic rings. The Bertz CT molecular complexity index is 2650. The highest BCUT2D eigenvalue weighted by Gasteiger charge is 2.54. The van der Waals surface area contributed by atoms with Crippen LogP contribution >= 0.6 is 0 Å². The second-order valence-electron chi connectivity index (χ2n) is 21.1. The van der Waals surface area contributed by atoms with Crippen LogP contribution in [-0.4, -0.2) is 141 Å². The molecule has 1 aromatic heterocycles. The third kappa shape index (κ3) is 10.8. The van der Waals surface area contributed by atoms with Crippen LogP contribution in [0.15, 0.2) is 77.1 Å². The third-order valence-corrected chi connectivity index (χ3v) is 15.3. The number of rotatable bonds is 6. The van der Waals surface area contributed by atoms with E-state index in [4.69, 9.17) is 19.2 Å². The molecule has 0 radical (unpaired) electrons. The van der Waals surface area contributed by atoms with Crippen LogP contribution in [0.1, 0.15) is 119 Å². The Labute approximate surface area is 427 Å². The second kappa shape index (κ2) is 21.6. The number of carbonyl (C=O) groups is 5. The minimum atomic E-state index is -1.96. The van der Waals surface area contributed by atoms with Crippen LogP contribution in [-0.2, 0) is 23.9 Å². The number of likely N-dealkylation sites (tertiary alicyclic amines) is 1. The molecule has 9 rings (SSSR count). The van der Waals surface area contributed by atoms with Gasteiger partial charge in [0.15, 0.2) is 0 Å². The Kier molecular flexibility index (Phi) is 15.7. The number of phenolic OH excluding ortho intramolecular Hbond substituents is 1. The van der Waals surface area contributed by atoms with E-state index in [-0.39, 0.29) is 69.4 Å². The largest absolute Gasteiger partial charge is 0.507 e. The Balaban J connectivity index is 1.08. The highest BCUT2D eigenvalue weighted by Crippen LogP contribution is 2.50. The number of hydrogen-bond acceptors (Lipinski definition) is 16. The lowest BCUT2D eigenvalue weighted by Crippen LogP contribution is -2.50. The van der Waals surface area contributed by atoms with Gasteiger partial charge < -0.3 is 54.9 Å². The maximum Gasteiger partial charge on any atom is 0.315 e. The van der Waals surface area contributed by atoms with E-state index >= 15 is 0 Å². The van der Waals surface area contributed by atoms with Gasteiger partial charge in [0, 0.05) is 118 Å². The molecule has 7 atom stereocenters. The minimum absolute atomic E-state index is 0.0175. The van der Waals surface area contributed by atoms with Crippen molar-refractivity contribution in [1.29, 1.82) is 0 Å². The van der Waals surface area contributed by atoms with Gasteiger partial charge >= 0.3 is 11.8 Å². The number of benzene rings is 1. The number of carbonyl (C=O) groups excluding carboxylic acids is 5. The molecule has 1 aromatic carbocycles. The molecular formula is C55H71N7O11. The molecule has 2 saturated heterocycles. The average Bonchev–Trinajstić information content (AvgIpc) is 3.72. The van der Waals surface area contributed by atoms with E-state index in [1.807, 2.05) is 12.1 Å². The molecule has 18 nitrogen and oxygen atoms in total. The van der Waals surface area contributed by atoms with Crippen molar-refractivity contribution >= 4 is 40.7 Å². The van der Waals surface area contributed by atoms with Crippen molar-refractivity contribution in [3.8, 4) is 11.5 Å². The molecule has 0 saturated carbocycles. The fourth-order valence-corrected chi connectivity index (χ4v) is 10.9. The first-order valence-electron chi connectivity index (χ1n) is 25.7. The number of piperidine rings is 1. The van der Waals surface area contributed by atoms with Crippen LogP contribution < -0.4 is 20.3 Å². The standard InChI is InChI=1S/C55H71N7O11/c1-31(2)30-60-24-18-55(19-25-60)58-44-41-42-49(67)36(7)51-43(41)52(69)54(8,73-51)71-28-10-9-15-38(72-40(64)29-39(63)62-23-12-22-61(26-27-62)37-16-20-56-21-17-37)34(5)48(66)35(6)47(65)32(3)13-11-14-33(4)53(70)57-46(50(42)68)45(44)59-55/h10-11,13-14,16-17,20-21,28,31-32,34-35,38,47-48,59,65-67H,9,12,15,18-19,22-27,29-30H2,1-8H3,(H,57,70)/b13-11+,28-10+,33-14-/t32-,34-,35+,38+,47-,48?,54-/m0/s1. The number of pyridine rings is 1. The Morgan fingerprint density at radius 2 is 1.66 bits per heavy atom. The van der Waals surface area contributed by atoms with E-state index in [9.17, 15) is 39.3 Å². The predicted molar refractivity (Wildman–Crippen MR) is 273 cm³/mol. The number of aliphatic imine (C=N–C) groups is 1. The van der Waals surface area contributed by atoms with Crippen molar-refractivity contribution < 1.29 is 53.5 Å². The van der Waals surface area contributed by atoms with Crippen LogP contribution in [0.25, 0.3) is 0 Å². The molecular weight excluding hydrogens is 935 g/mol. The van der Waals surface area contributed by atoms with E-state index in [0.717, 1.165) is 18.8 Å². The summed E-state index contributed by atoms with van der Waals surface area (Å²) in [5, 5.41) is 41.5. The van der Waals surface area contributed by atoms with Crippen LogP contribution in [0.3, 0.4) is 0 Å². The number of phenols is 1. The lowest BCUT2D eigenvalue weighted by Gasteiger charge is -2.38. The normalized spacial score (nSPS) is 29.5. The smallest absolute Gasteiger partial charge is 0.315 e. The quantitative estimate of drug-likeness (QED) is 0.184. The first-order chi connectivity index (χ1) is 34.7. The SMILES string of the molecule is C/C1=C/C=C/[C@H](C)[C@H](O)[C@@H](C)C(O)[C@@H](C)[C@H](OC(=O)CC(=O)N2CCCN(c3ccncc3)CC2)CC/C=C/O[C@@]2(C)Oc3c(C)c(O)c4c(c3C2=O)C2=NC3(CCN(CC(C)C)CC3)NC2=C(NC1=O)C4=O. The highest BCUT2D eigenvalue weighted by atomic mass is 16.7. The van der Waals surface area contributed by atoms with E-state index in [2.05, 4.69) is 39.3 Å². The number of aromatic hydroxyl groups is 1. The van der Waals surface area contributed by atoms with Crippen molar-refractivity contribution in [2.75, 3.05) is 50.7 Å². The third-order valence-electron chi connectivity index (χ3n) is 15.3. The van der Waals surface area contributed by atoms with Crippen molar-refractivity contribution in [3.05, 3.63) is 94.3 Å². The van der Waals surface area contributed by atoms with Crippen LogP contribution in [0.2, 0.25) is 0 Å². The zero-order valence-electron chi connectivity index (χ0n) is 43.3. The maximum atomic E-state index is 14.8. The highest BCUT2D eigenvalue weighted by molar-refractivity contribution is 6.34. The predicted octanol–water partition coefficient (Wildman–Crippen LogP) is 5.25. The number of aromatic nitrogens is 1. The van der Waals surface area contributed by atoms with Gasteiger partial charge in [-0.25, -0.2) is 0 Å². The molecule has 73 heavy (non-hydrogen) atoms. The topological polar surface area (TPSA) is 233 Å². The number of amides is 2. The number of aliphatic hydroxyl groups is 2. The Morgan fingerprint density at radius 1 is 0.932 bits per heavy atom. The summed E-state index contributed by atoms with van der Waals surface area (Å²) in [7, 11) is 0. The fourth-order valence-electron chi connectivity index (χ4n) is 10.9. The summed E-state index contributed by atoms with van der Waals surface area (Å²) in [5.41, 5.74) is 0.771. The van der Waals surface area contributed by atoms with Gasteiger partial charge in [-0.1, -0.05) is 52.8 Å². The van der Waals surface area contributed by atoms with Gasteiger partial charge in [-0.2, -0.15) is 0 Å². The fraction of sp³-hybridized carbons (Fsp3) is 0.545. The van der Waals surface area contributed by atoms with Gasteiger partial charge in [0.2, 0.25) is 11.7 Å². The number of Topliss-reactive ketones (excluding diaryl/α,β-unsaturated/α-hetero) is 2. The van der Waals surface area contributed by atoms with E-state index in [0.29, 0.717) is 57.9 Å². The molecule has 18 heteroatoms. The van der Waals surface area contributed by atoms with E-state index in [1.54, 1.807) is 69.3 Å². The van der Waals surface area contributed by atoms with Gasteiger partial charge in [-0.3, -0.25) is 33.9 Å². The summed E-state index contributed by atoms with van der Waals surface area (Å²) in [6.07, 6.45) is 9.84. The van der Waals surface area contributed by atoms with Crippen molar-refractivity contribution in [2.24, 2.45) is 28.7 Å². The number of hydrogen-bond donors (Lipinski definition) is 5. The molecule has 5 bridgehead atoms. The molecule has 1 aliphatic carbocycles. The number of esters is 1. The lowest BCUT2D eigenvalue weighted by atomic mass is 9.81. The molecule has 7 heterocycles. The number of ether oxygens (including phenoxy) is 3. The van der Waals surface area contributed by atoms with Gasteiger partial charge in [0.1, 0.15) is 35.4 Å². The van der Waals surface area contributed by atoms with Crippen molar-refractivity contribution in [1.82, 2.24) is 25.4 Å². The van der Waals surface area contributed by atoms with E-state index < -0.39 is 83.1 Å². The number of allylic oxidation sites excluding steroid dienone is 5. The second-order valence-corrected chi connectivity index (χ2v) is 21.1. The summed E-state index contributed by atoms with van der Waals surface area (Å²) in [6, 6.07) is 3.84. The van der Waals surface area contributed by atoms with E-state index in [1.165, 1.54) is 20.1 Å². The zero-order valence-corrected chi connectivity index (χ0v) is 43.3. The Hall–Kier alpha value is -6.37. The van der Waals surface area contributed by atoms with Crippen molar-refractivity contribution in [2.45, 2.75) is 124 Å². The van der Waals surface area contributed by atoms with Crippen LogP contribution in [0, 0.1) is 30.6 Å². The summed E-state index contributed by atoms with van der Waals surface area (Å²) >= 11 is 0. The molecule has 1 unspecified atom stereocenters. The van der Waals surface area contributed by atoms with Gasteiger partial charge in [0.05, 0.1) is 41.0 Å². The molecule has 2 amide bonds. The monoisotopic (exact) mass is 1010 g/mol. The molecule has 6 aliphatic heterocycles. The number of fused-ring (bicyclic) bond motifs is 13.